The topological polar surface area (TPSA) is 0 Å². The van der Waals surface area contributed by atoms with E-state index in [-0.39, 0.29) is 0 Å². The van der Waals surface area contributed by atoms with Crippen LogP contribution in [0.1, 0.15) is 5.56 Å². The lowest BCUT2D eigenvalue weighted by molar-refractivity contribution is 1.55. The summed E-state index contributed by atoms with van der Waals surface area (Å²) in [6, 6.07) is 17.3. The third-order valence-electron chi connectivity index (χ3n) is 2.87. The molecule has 0 spiro atoms. The Balaban J connectivity index is 2.63. The Kier molecular flexibility index (Phi) is 1.45. The van der Waals surface area contributed by atoms with Crippen LogP contribution in [0.4, 0.5) is 0 Å². The lowest BCUT2D eigenvalue weighted by atomic mass is 10.1. The van der Waals surface area contributed by atoms with Crippen LogP contribution in [0, 0.1) is 6.92 Å². The maximum absolute atomic E-state index is 2.28. The van der Waals surface area contributed by atoms with E-state index in [2.05, 4.69) is 55.5 Å². The molecule has 3 rings (SSSR count). The average Bonchev–Trinajstić information content (AvgIpc) is 2.59. The zero-order chi connectivity index (χ0) is 9.54. The van der Waals surface area contributed by atoms with E-state index < -0.39 is 0 Å². The molecule has 14 heavy (non-hydrogen) atoms. The van der Waals surface area contributed by atoms with Gasteiger partial charge < -0.3 is 0 Å². The zero-order valence-corrected chi connectivity index (χ0v) is 8.12. The van der Waals surface area contributed by atoms with E-state index in [1.807, 2.05) is 0 Å². The van der Waals surface area contributed by atoms with Crippen LogP contribution in [-0.2, 0) is 0 Å². The van der Waals surface area contributed by atoms with E-state index >= 15 is 0 Å². The number of rotatable bonds is 0. The van der Waals surface area contributed by atoms with Crippen molar-refractivity contribution in [2.24, 2.45) is 0 Å². The Bertz CT molecular complexity index is 600. The van der Waals surface area contributed by atoms with Gasteiger partial charge in [0.1, 0.15) is 0 Å². The first-order chi connectivity index (χ1) is 6.86. The first-order valence-corrected chi connectivity index (χ1v) is 4.90. The monoisotopic (exact) mass is 179 g/mol. The van der Waals surface area contributed by atoms with Gasteiger partial charge in [0.05, 0.1) is 0 Å². The largest absolute Gasteiger partial charge is 0.128 e. The van der Waals surface area contributed by atoms with Gasteiger partial charge in [-0.15, -0.1) is 46.0 Å². The minimum absolute atomic E-state index is 1.34. The second kappa shape index (κ2) is 2.65. The summed E-state index contributed by atoms with van der Waals surface area (Å²) in [4.78, 5) is 0. The maximum atomic E-state index is 2.28. The summed E-state index contributed by atoms with van der Waals surface area (Å²) in [6.07, 6.45) is 0. The summed E-state index contributed by atoms with van der Waals surface area (Å²) in [6.45, 7) is 2.17. The molecule has 0 radical (unpaired) electrons. The van der Waals surface area contributed by atoms with Crippen molar-refractivity contribution < 1.29 is 0 Å². The minimum Gasteiger partial charge on any atom is -0.128 e. The molecular weight excluding hydrogens is 168 g/mol. The molecule has 0 fully saturated rings. The third kappa shape index (κ3) is 0.912. The summed E-state index contributed by atoms with van der Waals surface area (Å²) in [5.74, 6) is 0. The summed E-state index contributed by atoms with van der Waals surface area (Å²) >= 11 is 0. The first kappa shape index (κ1) is 7.69. The Morgan fingerprint density at radius 1 is 0.929 bits per heavy atom. The van der Waals surface area contributed by atoms with Crippen molar-refractivity contribution in [2.45, 2.75) is 6.92 Å². The Hall–Kier alpha value is -1.69. The fourth-order valence-electron chi connectivity index (χ4n) is 2.13. The molecule has 0 heterocycles. The van der Waals surface area contributed by atoms with E-state index in [4.69, 9.17) is 0 Å². The van der Waals surface area contributed by atoms with Gasteiger partial charge in [-0.25, -0.2) is 0 Å². The van der Waals surface area contributed by atoms with Gasteiger partial charge in [0.25, 0.3) is 0 Å². The first-order valence-electron chi connectivity index (χ1n) is 4.90. The highest BCUT2D eigenvalue weighted by Gasteiger charge is 1.95. The molecule has 3 aromatic carbocycles. The predicted molar refractivity (Wildman–Crippen MR) is 61.8 cm³/mol. The summed E-state index contributed by atoms with van der Waals surface area (Å²) < 4.78 is 0. The van der Waals surface area contributed by atoms with E-state index in [9.17, 15) is 0 Å². The molecule has 0 saturated heterocycles. The van der Waals surface area contributed by atoms with Crippen LogP contribution < -0.4 is 0 Å². The molecule has 0 aromatic heterocycles. The highest BCUT2D eigenvalue weighted by Crippen LogP contribution is 2.29. The summed E-state index contributed by atoms with van der Waals surface area (Å²) in [7, 11) is 0. The van der Waals surface area contributed by atoms with E-state index in [0.29, 0.717) is 0 Å². The van der Waals surface area contributed by atoms with Crippen molar-refractivity contribution in [2.75, 3.05) is 0 Å². The fourth-order valence-corrected chi connectivity index (χ4v) is 2.13. The molecule has 0 aliphatic rings. The second-order valence-electron chi connectivity index (χ2n) is 3.77. The molecule has 0 aliphatic heterocycles. The van der Waals surface area contributed by atoms with Gasteiger partial charge in [0.2, 0.25) is 0 Å². The average molecular weight is 179 g/mol. The van der Waals surface area contributed by atoms with Gasteiger partial charge in [0, 0.05) is 0 Å². The molecule has 0 aliphatic carbocycles. The molecule has 3 aromatic rings. The summed E-state index contributed by atoms with van der Waals surface area (Å²) in [5.41, 5.74) is 1.36. The van der Waals surface area contributed by atoms with E-state index in [0.717, 1.165) is 0 Å². The number of hydrogen-bond acceptors (Lipinski definition) is 0. The van der Waals surface area contributed by atoms with Crippen LogP contribution in [0.5, 0.6) is 0 Å². The van der Waals surface area contributed by atoms with Gasteiger partial charge in [0.15, 0.2) is 0 Å². The van der Waals surface area contributed by atoms with Crippen LogP contribution in [-0.4, -0.2) is 0 Å². The Morgan fingerprint density at radius 3 is 2.71 bits per heavy atom. The summed E-state index contributed by atoms with van der Waals surface area (Å²) in [5, 5.41) is 5.47. The highest BCUT2D eigenvalue weighted by molar-refractivity contribution is 6.12. The number of benzene rings is 2. The molecule has 0 atom stereocenters. The van der Waals surface area contributed by atoms with Crippen molar-refractivity contribution >= 4 is 21.5 Å². The van der Waals surface area contributed by atoms with Crippen molar-refractivity contribution in [3.8, 4) is 0 Å². The predicted octanol–water partition coefficient (Wildman–Crippen LogP) is 4.02. The van der Waals surface area contributed by atoms with Crippen molar-refractivity contribution in [3.63, 3.8) is 0 Å². The molecule has 0 saturated carbocycles. The fraction of sp³-hybridized carbons (Fsp3) is 0.0714. The number of aryl methyl sites for hydroxylation is 1. The standard InChI is InChI=1S/C14H11/c1-10-5-4-8-13-12-7-3-2-6-11(12)9-14(10)13/h2-9H,1H3/q-1. The van der Waals surface area contributed by atoms with Crippen LogP contribution in [0.3, 0.4) is 0 Å². The van der Waals surface area contributed by atoms with Crippen LogP contribution in [0.25, 0.3) is 21.5 Å². The molecule has 0 unspecified atom stereocenters. The van der Waals surface area contributed by atoms with E-state index in [1.54, 1.807) is 0 Å². The van der Waals surface area contributed by atoms with E-state index in [1.165, 1.54) is 27.1 Å². The van der Waals surface area contributed by atoms with Crippen molar-refractivity contribution in [1.82, 2.24) is 0 Å². The van der Waals surface area contributed by atoms with Gasteiger partial charge >= 0.3 is 0 Å². The molecule has 0 bridgehead atoms. The highest BCUT2D eigenvalue weighted by atomic mass is 14.1. The van der Waals surface area contributed by atoms with Gasteiger partial charge in [-0.2, -0.15) is 0 Å². The molecule has 0 amide bonds. The van der Waals surface area contributed by atoms with Crippen LogP contribution >= 0.6 is 0 Å². The lowest BCUT2D eigenvalue weighted by Gasteiger charge is -2.02. The molecule has 68 valence electrons. The second-order valence-corrected chi connectivity index (χ2v) is 3.77. The number of hydrogen-bond donors (Lipinski definition) is 0. The maximum Gasteiger partial charge on any atom is -0.0533 e. The SMILES string of the molecule is Cc1cccc2c3ccccc3c[c-]12. The molecule has 0 heteroatoms. The van der Waals surface area contributed by atoms with Crippen LogP contribution in [0.15, 0.2) is 48.5 Å². The van der Waals surface area contributed by atoms with Gasteiger partial charge in [-0.3, -0.25) is 0 Å². The smallest absolute Gasteiger partial charge is 0.0533 e. The molecule has 0 N–H and O–H groups in total. The quantitative estimate of drug-likeness (QED) is 0.457. The van der Waals surface area contributed by atoms with Gasteiger partial charge in [-0.05, 0) is 0 Å². The third-order valence-corrected chi connectivity index (χ3v) is 2.87. The van der Waals surface area contributed by atoms with Crippen molar-refractivity contribution in [1.29, 1.82) is 0 Å². The normalized spacial score (nSPS) is 11.2. The Labute approximate surface area is 83.1 Å². The molecular formula is C14H11-. The lowest BCUT2D eigenvalue weighted by Crippen LogP contribution is -1.70. The zero-order valence-electron chi connectivity index (χ0n) is 8.12. The van der Waals surface area contributed by atoms with Gasteiger partial charge in [-0.1, -0.05) is 36.6 Å². The number of fused-ring (bicyclic) bond motifs is 3. The van der Waals surface area contributed by atoms with Crippen LogP contribution in [0.2, 0.25) is 0 Å². The molecule has 0 nitrogen and oxygen atoms in total. The van der Waals surface area contributed by atoms with Crippen molar-refractivity contribution in [3.05, 3.63) is 54.1 Å². The minimum atomic E-state index is 1.34. The Morgan fingerprint density at radius 2 is 1.79 bits per heavy atom.